The lowest BCUT2D eigenvalue weighted by Gasteiger charge is -2.40. The zero-order valence-corrected chi connectivity index (χ0v) is 14.2. The number of hydrogen-bond acceptors (Lipinski definition) is 1. The molecule has 1 unspecified atom stereocenters. The van der Waals surface area contributed by atoms with E-state index in [9.17, 15) is 0 Å². The molecule has 1 atom stereocenters. The van der Waals surface area contributed by atoms with Crippen molar-refractivity contribution in [2.45, 2.75) is 85.1 Å². The number of unbranched alkanes of at least 4 members (excludes halogenated alkanes) is 1. The first-order chi connectivity index (χ1) is 9.49. The van der Waals surface area contributed by atoms with E-state index < -0.39 is 0 Å². The molecule has 0 spiro atoms. The monoisotopic (exact) mass is 277 g/mol. The van der Waals surface area contributed by atoms with Crippen LogP contribution in [0.25, 0.3) is 0 Å². The maximum atomic E-state index is 5.39. The highest BCUT2D eigenvalue weighted by Crippen LogP contribution is 2.41. The van der Waals surface area contributed by atoms with Crippen molar-refractivity contribution < 1.29 is 0 Å². The van der Waals surface area contributed by atoms with Gasteiger partial charge in [-0.3, -0.25) is 0 Å². The highest BCUT2D eigenvalue weighted by molar-refractivity contribution is 4.88. The Morgan fingerprint density at radius 1 is 1.20 bits per heavy atom. The molecule has 1 N–H and O–H groups in total. The average molecular weight is 277 g/mol. The Balaban J connectivity index is 2.45. The fourth-order valence-electron chi connectivity index (χ4n) is 3.65. The molecule has 1 heteroatoms. The van der Waals surface area contributed by atoms with Crippen LogP contribution in [0, 0.1) is 29.6 Å². The molecule has 0 radical (unpaired) electrons. The minimum Gasteiger partial charge on any atom is -0.314 e. The summed E-state index contributed by atoms with van der Waals surface area (Å²) in [6.07, 6.45) is 15.6. The maximum Gasteiger partial charge on any atom is 0.00956 e. The second-order valence-corrected chi connectivity index (χ2v) is 7.63. The molecule has 0 saturated heterocycles. The van der Waals surface area contributed by atoms with Crippen molar-refractivity contribution in [3.05, 3.63) is 0 Å². The topological polar surface area (TPSA) is 12.0 Å². The highest BCUT2D eigenvalue weighted by atomic mass is 14.9. The lowest BCUT2D eigenvalue weighted by Crippen LogP contribution is -2.39. The zero-order chi connectivity index (χ0) is 15.0. The smallest absolute Gasteiger partial charge is 0.00956 e. The average Bonchev–Trinajstić information content (AvgIpc) is 2.42. The summed E-state index contributed by atoms with van der Waals surface area (Å²) in [4.78, 5) is 0. The quantitative estimate of drug-likeness (QED) is 0.509. The van der Waals surface area contributed by atoms with Gasteiger partial charge in [0.25, 0.3) is 0 Å². The van der Waals surface area contributed by atoms with Gasteiger partial charge < -0.3 is 5.32 Å². The lowest BCUT2D eigenvalue weighted by molar-refractivity contribution is 0.130. The molecule has 0 aromatic rings. The minimum absolute atomic E-state index is 0.487. The summed E-state index contributed by atoms with van der Waals surface area (Å²) < 4.78 is 0. The molecule has 0 aliphatic heterocycles. The first-order valence-electron chi connectivity index (χ1n) is 8.65. The summed E-state index contributed by atoms with van der Waals surface area (Å²) in [7, 11) is 0. The summed E-state index contributed by atoms with van der Waals surface area (Å²) in [5.74, 6) is 4.57. The van der Waals surface area contributed by atoms with Gasteiger partial charge in [-0.1, -0.05) is 27.7 Å². The first kappa shape index (κ1) is 17.6. The van der Waals surface area contributed by atoms with Crippen LogP contribution in [0.15, 0.2) is 0 Å². The molecule has 0 aromatic carbocycles. The molecule has 0 amide bonds. The normalized spacial score (nSPS) is 25.1. The summed E-state index contributed by atoms with van der Waals surface area (Å²) in [5.41, 5.74) is 0.487. The Morgan fingerprint density at radius 2 is 1.85 bits per heavy atom. The Labute approximate surface area is 127 Å². The molecule has 1 aliphatic carbocycles. The van der Waals surface area contributed by atoms with Gasteiger partial charge in [0, 0.05) is 12.5 Å². The highest BCUT2D eigenvalue weighted by Gasteiger charge is 2.32. The van der Waals surface area contributed by atoms with Gasteiger partial charge in [-0.2, -0.15) is 0 Å². The van der Waals surface area contributed by atoms with Crippen molar-refractivity contribution in [2.24, 2.45) is 17.3 Å². The van der Waals surface area contributed by atoms with E-state index in [2.05, 4.69) is 38.9 Å². The van der Waals surface area contributed by atoms with E-state index in [-0.39, 0.29) is 0 Å². The SMILES string of the molecule is C#CCCCC(NCCC)C1CCC(C(C)(C)C)CC1. The fraction of sp³-hybridized carbons (Fsp3) is 0.895. The molecule has 0 aromatic heterocycles. The molecule has 0 bridgehead atoms. The first-order valence-corrected chi connectivity index (χ1v) is 8.65. The van der Waals surface area contributed by atoms with Crippen molar-refractivity contribution in [3.8, 4) is 12.3 Å². The Bertz CT molecular complexity index is 286. The van der Waals surface area contributed by atoms with Gasteiger partial charge in [-0.25, -0.2) is 0 Å². The van der Waals surface area contributed by atoms with E-state index in [1.54, 1.807) is 0 Å². The van der Waals surface area contributed by atoms with E-state index in [0.717, 1.165) is 24.8 Å². The van der Waals surface area contributed by atoms with Gasteiger partial charge >= 0.3 is 0 Å². The molecule has 0 heterocycles. The summed E-state index contributed by atoms with van der Waals surface area (Å²) in [6, 6.07) is 0.698. The van der Waals surface area contributed by atoms with Gasteiger partial charge in [-0.05, 0) is 68.7 Å². The minimum atomic E-state index is 0.487. The van der Waals surface area contributed by atoms with E-state index in [1.165, 1.54) is 44.9 Å². The second-order valence-electron chi connectivity index (χ2n) is 7.63. The third kappa shape index (κ3) is 5.88. The predicted molar refractivity (Wildman–Crippen MR) is 89.7 cm³/mol. The molecule has 20 heavy (non-hydrogen) atoms. The largest absolute Gasteiger partial charge is 0.314 e. The van der Waals surface area contributed by atoms with Crippen LogP contribution < -0.4 is 5.32 Å². The number of rotatable bonds is 7. The Hall–Kier alpha value is -0.480. The molecule has 1 rings (SSSR count). The van der Waals surface area contributed by atoms with Crippen molar-refractivity contribution in [1.29, 1.82) is 0 Å². The number of nitrogens with one attached hydrogen (secondary N) is 1. The molecule has 1 nitrogen and oxygen atoms in total. The van der Waals surface area contributed by atoms with Crippen LogP contribution in [0.1, 0.15) is 79.1 Å². The van der Waals surface area contributed by atoms with Gasteiger partial charge in [-0.15, -0.1) is 12.3 Å². The molecular weight excluding hydrogens is 242 g/mol. The summed E-state index contributed by atoms with van der Waals surface area (Å²) >= 11 is 0. The van der Waals surface area contributed by atoms with Crippen LogP contribution in [-0.4, -0.2) is 12.6 Å². The van der Waals surface area contributed by atoms with Gasteiger partial charge in [0.15, 0.2) is 0 Å². The maximum absolute atomic E-state index is 5.39. The third-order valence-electron chi connectivity index (χ3n) is 5.06. The van der Waals surface area contributed by atoms with E-state index in [0.29, 0.717) is 11.5 Å². The van der Waals surface area contributed by atoms with Gasteiger partial charge in [0.05, 0.1) is 0 Å². The van der Waals surface area contributed by atoms with Crippen molar-refractivity contribution >= 4 is 0 Å². The van der Waals surface area contributed by atoms with Gasteiger partial charge in [0.2, 0.25) is 0 Å². The van der Waals surface area contributed by atoms with Crippen LogP contribution in [0.4, 0.5) is 0 Å². The second kappa shape index (κ2) is 8.73. The Kier molecular flexibility index (Phi) is 7.67. The fourth-order valence-corrected chi connectivity index (χ4v) is 3.65. The van der Waals surface area contributed by atoms with Crippen LogP contribution in [0.5, 0.6) is 0 Å². The third-order valence-corrected chi connectivity index (χ3v) is 5.06. The van der Waals surface area contributed by atoms with E-state index in [1.807, 2.05) is 0 Å². The van der Waals surface area contributed by atoms with Crippen molar-refractivity contribution in [2.75, 3.05) is 6.54 Å². The molecule has 1 fully saturated rings. The van der Waals surface area contributed by atoms with Crippen molar-refractivity contribution in [3.63, 3.8) is 0 Å². The van der Waals surface area contributed by atoms with Crippen LogP contribution in [0.3, 0.4) is 0 Å². The van der Waals surface area contributed by atoms with E-state index in [4.69, 9.17) is 6.42 Å². The summed E-state index contributed by atoms with van der Waals surface area (Å²) in [6.45, 7) is 10.6. The lowest BCUT2D eigenvalue weighted by atomic mass is 9.68. The number of hydrogen-bond donors (Lipinski definition) is 1. The summed E-state index contributed by atoms with van der Waals surface area (Å²) in [5, 5.41) is 3.78. The Morgan fingerprint density at radius 3 is 2.35 bits per heavy atom. The van der Waals surface area contributed by atoms with Crippen LogP contribution in [-0.2, 0) is 0 Å². The molecule has 1 aliphatic rings. The van der Waals surface area contributed by atoms with E-state index >= 15 is 0 Å². The molecule has 116 valence electrons. The predicted octanol–water partition coefficient (Wildman–Crippen LogP) is 5.01. The van der Waals surface area contributed by atoms with Crippen LogP contribution in [0.2, 0.25) is 0 Å². The molecular formula is C19H35N. The standard InChI is InChI=1S/C19H35N/c1-6-8-9-10-18(20-15-7-2)16-11-13-17(14-12-16)19(3,4)5/h1,16-18,20H,7-15H2,2-5H3. The van der Waals surface area contributed by atoms with Crippen LogP contribution >= 0.6 is 0 Å². The van der Waals surface area contributed by atoms with Gasteiger partial charge in [0.1, 0.15) is 0 Å². The molecule has 1 saturated carbocycles. The zero-order valence-electron chi connectivity index (χ0n) is 14.2. The number of terminal acetylenes is 1. The van der Waals surface area contributed by atoms with Crippen molar-refractivity contribution in [1.82, 2.24) is 5.32 Å².